The Morgan fingerprint density at radius 2 is 1.71 bits per heavy atom. The molecule has 0 amide bonds. The Kier molecular flexibility index (Phi) is 5.33. The summed E-state index contributed by atoms with van der Waals surface area (Å²) in [6.07, 6.45) is -5.25. The third-order valence-corrected chi connectivity index (χ3v) is 2.82. The van der Waals surface area contributed by atoms with Gasteiger partial charge in [0.1, 0.15) is 17.8 Å². The van der Waals surface area contributed by atoms with E-state index in [1.807, 2.05) is 5.32 Å². The molecule has 3 nitrogen and oxygen atoms in total. The highest BCUT2D eigenvalue weighted by Crippen LogP contribution is 2.33. The van der Waals surface area contributed by atoms with Gasteiger partial charge in [-0.05, 0) is 19.4 Å². The van der Waals surface area contributed by atoms with Crippen molar-refractivity contribution in [3.63, 3.8) is 0 Å². The second-order valence-electron chi connectivity index (χ2n) is 5.37. The third-order valence-electron chi connectivity index (χ3n) is 2.82. The van der Waals surface area contributed by atoms with Crippen molar-refractivity contribution in [3.8, 4) is 0 Å². The summed E-state index contributed by atoms with van der Waals surface area (Å²) >= 11 is 0. The molecule has 0 radical (unpaired) electrons. The lowest BCUT2D eigenvalue weighted by molar-refractivity contribution is -0.164. The fourth-order valence-electron chi connectivity index (χ4n) is 1.93. The Morgan fingerprint density at radius 3 is 2.10 bits per heavy atom. The highest BCUT2D eigenvalue weighted by Gasteiger charge is 2.43. The zero-order chi connectivity index (χ0) is 16.3. The maximum Gasteiger partial charge on any atom is 0.407 e. The van der Waals surface area contributed by atoms with Crippen LogP contribution >= 0.6 is 0 Å². The zero-order valence-corrected chi connectivity index (χ0v) is 11.6. The topological polar surface area (TPSA) is 49.3 Å². The van der Waals surface area contributed by atoms with Crippen molar-refractivity contribution in [2.75, 3.05) is 0 Å². The van der Waals surface area contributed by atoms with Crippen LogP contribution in [0.4, 0.5) is 17.6 Å². The summed E-state index contributed by atoms with van der Waals surface area (Å²) in [5.74, 6) is -1.52. The maximum atomic E-state index is 13.6. The van der Waals surface area contributed by atoms with Gasteiger partial charge >= 0.3 is 12.1 Å². The number of hydrogen-bond donors (Lipinski definition) is 2. The summed E-state index contributed by atoms with van der Waals surface area (Å²) in [4.78, 5) is 11.1. The van der Waals surface area contributed by atoms with Crippen molar-refractivity contribution in [2.45, 2.75) is 44.2 Å². The molecule has 1 rings (SSSR count). The van der Waals surface area contributed by atoms with Crippen LogP contribution in [-0.2, 0) is 4.79 Å². The minimum atomic E-state index is -4.69. The number of alkyl halides is 4. The van der Waals surface area contributed by atoms with E-state index in [0.29, 0.717) is 0 Å². The number of rotatable bonds is 6. The number of hydrogen-bond acceptors (Lipinski definition) is 2. The Hall–Kier alpha value is -1.63. The minimum Gasteiger partial charge on any atom is -0.480 e. The molecule has 0 aliphatic carbocycles. The van der Waals surface area contributed by atoms with Gasteiger partial charge in [-0.15, -0.1) is 0 Å². The molecule has 0 aliphatic rings. The Bertz CT molecular complexity index is 468. The summed E-state index contributed by atoms with van der Waals surface area (Å²) in [5, 5.41) is 11.0. The van der Waals surface area contributed by atoms with Gasteiger partial charge in [-0.3, -0.25) is 10.1 Å². The summed E-state index contributed by atoms with van der Waals surface area (Å²) in [7, 11) is 0. The summed E-state index contributed by atoms with van der Waals surface area (Å²) in [5.41, 5.74) is -2.02. The van der Waals surface area contributed by atoms with Gasteiger partial charge in [0, 0.05) is 6.42 Å². The fourth-order valence-corrected chi connectivity index (χ4v) is 1.93. The molecule has 1 aromatic carbocycles. The van der Waals surface area contributed by atoms with Crippen molar-refractivity contribution in [3.05, 3.63) is 35.9 Å². The average Bonchev–Trinajstić information content (AvgIpc) is 2.32. The molecule has 1 unspecified atom stereocenters. The second kappa shape index (κ2) is 6.43. The molecule has 0 bridgehead atoms. The van der Waals surface area contributed by atoms with Gasteiger partial charge in [-0.2, -0.15) is 13.2 Å². The first-order chi connectivity index (χ1) is 9.50. The Labute approximate surface area is 120 Å². The molecule has 0 saturated carbocycles. The molecular weight excluding hydrogens is 290 g/mol. The number of nitrogens with one attached hydrogen (secondary N) is 1. The molecule has 0 aromatic heterocycles. The SMILES string of the molecule is CC(C)(F)C[C@H](NC(c1ccccc1)C(F)(F)F)C(=O)O. The first-order valence-electron chi connectivity index (χ1n) is 6.30. The van der Waals surface area contributed by atoms with Gasteiger partial charge in [-0.1, -0.05) is 30.3 Å². The van der Waals surface area contributed by atoms with Crippen LogP contribution in [-0.4, -0.2) is 29.0 Å². The van der Waals surface area contributed by atoms with E-state index in [1.165, 1.54) is 24.3 Å². The maximum absolute atomic E-state index is 13.6. The number of carboxylic acid groups (broad SMARTS) is 1. The molecule has 118 valence electrons. The lowest BCUT2D eigenvalue weighted by Gasteiger charge is -2.28. The molecule has 0 heterocycles. The van der Waals surface area contributed by atoms with Gasteiger partial charge in [0.15, 0.2) is 0 Å². The van der Waals surface area contributed by atoms with Crippen LogP contribution < -0.4 is 5.32 Å². The fraction of sp³-hybridized carbons (Fsp3) is 0.500. The smallest absolute Gasteiger partial charge is 0.407 e. The molecular formula is C14H17F4NO2. The van der Waals surface area contributed by atoms with Crippen LogP contribution in [0.1, 0.15) is 31.9 Å². The van der Waals surface area contributed by atoms with E-state index in [-0.39, 0.29) is 5.56 Å². The van der Waals surface area contributed by atoms with E-state index in [0.717, 1.165) is 13.8 Å². The lowest BCUT2D eigenvalue weighted by Crippen LogP contribution is -2.47. The molecule has 1 aromatic rings. The van der Waals surface area contributed by atoms with Crippen LogP contribution in [0.3, 0.4) is 0 Å². The van der Waals surface area contributed by atoms with Crippen LogP contribution in [0, 0.1) is 0 Å². The van der Waals surface area contributed by atoms with E-state index in [4.69, 9.17) is 5.11 Å². The largest absolute Gasteiger partial charge is 0.480 e. The Morgan fingerprint density at radius 1 is 1.19 bits per heavy atom. The molecule has 7 heteroatoms. The van der Waals surface area contributed by atoms with E-state index in [9.17, 15) is 22.4 Å². The van der Waals surface area contributed by atoms with Crippen molar-refractivity contribution in [1.29, 1.82) is 0 Å². The number of carbonyl (C=O) groups is 1. The van der Waals surface area contributed by atoms with E-state index in [2.05, 4.69) is 0 Å². The highest BCUT2D eigenvalue weighted by atomic mass is 19.4. The molecule has 0 saturated heterocycles. The first-order valence-corrected chi connectivity index (χ1v) is 6.30. The van der Waals surface area contributed by atoms with Crippen molar-refractivity contribution in [1.82, 2.24) is 5.32 Å². The first kappa shape index (κ1) is 17.4. The van der Waals surface area contributed by atoms with Crippen LogP contribution in [0.25, 0.3) is 0 Å². The predicted molar refractivity (Wildman–Crippen MR) is 69.6 cm³/mol. The highest BCUT2D eigenvalue weighted by molar-refractivity contribution is 5.73. The lowest BCUT2D eigenvalue weighted by atomic mass is 9.98. The molecule has 2 N–H and O–H groups in total. The minimum absolute atomic E-state index is 0.118. The summed E-state index contributed by atoms with van der Waals surface area (Å²) < 4.78 is 52.9. The summed E-state index contributed by atoms with van der Waals surface area (Å²) in [6.45, 7) is 2.24. The summed E-state index contributed by atoms with van der Waals surface area (Å²) in [6, 6.07) is 3.07. The quantitative estimate of drug-likeness (QED) is 0.791. The van der Waals surface area contributed by atoms with Crippen molar-refractivity contribution in [2.24, 2.45) is 0 Å². The molecule has 0 fully saturated rings. The number of benzene rings is 1. The van der Waals surface area contributed by atoms with Gasteiger partial charge in [0.2, 0.25) is 0 Å². The second-order valence-corrected chi connectivity index (χ2v) is 5.37. The van der Waals surface area contributed by atoms with E-state index in [1.54, 1.807) is 6.07 Å². The predicted octanol–water partition coefficient (Wildman–Crippen LogP) is 3.47. The number of aliphatic carboxylic acids is 1. The number of halogens is 4. The van der Waals surface area contributed by atoms with E-state index >= 15 is 0 Å². The normalized spacial score (nSPS) is 15.5. The zero-order valence-electron chi connectivity index (χ0n) is 11.6. The van der Waals surface area contributed by atoms with Gasteiger partial charge in [0.25, 0.3) is 0 Å². The van der Waals surface area contributed by atoms with Crippen molar-refractivity contribution < 1.29 is 27.5 Å². The average molecular weight is 307 g/mol. The van der Waals surface area contributed by atoms with E-state index < -0.39 is 36.3 Å². The van der Waals surface area contributed by atoms with Gasteiger partial charge < -0.3 is 5.11 Å². The van der Waals surface area contributed by atoms with Gasteiger partial charge in [0.05, 0.1) is 0 Å². The molecule has 0 spiro atoms. The standard InChI is InChI=1S/C14H17F4NO2/c1-13(2,15)8-10(12(20)21)19-11(14(16,17)18)9-6-4-3-5-7-9/h3-7,10-11,19H,8H2,1-2H3,(H,20,21)/t10-,11?/m0/s1. The number of carboxylic acids is 1. The molecule has 21 heavy (non-hydrogen) atoms. The van der Waals surface area contributed by atoms with Crippen LogP contribution in [0.2, 0.25) is 0 Å². The van der Waals surface area contributed by atoms with Crippen molar-refractivity contribution >= 4 is 5.97 Å². The van der Waals surface area contributed by atoms with Crippen LogP contribution in [0.15, 0.2) is 30.3 Å². The molecule has 0 aliphatic heterocycles. The third kappa shape index (κ3) is 5.71. The molecule has 2 atom stereocenters. The van der Waals surface area contributed by atoms with Crippen LogP contribution in [0.5, 0.6) is 0 Å². The van der Waals surface area contributed by atoms with Gasteiger partial charge in [-0.25, -0.2) is 4.39 Å². The monoisotopic (exact) mass is 307 g/mol. The Balaban J connectivity index is 3.02.